The van der Waals surface area contributed by atoms with Crippen LogP contribution in [0.3, 0.4) is 0 Å². The Balaban J connectivity index is 1.49. The smallest absolute Gasteiger partial charge is 0.193 e. The molecule has 3 heteroatoms. The van der Waals surface area contributed by atoms with Crippen molar-refractivity contribution in [2.24, 2.45) is 0 Å². The van der Waals surface area contributed by atoms with E-state index < -0.39 is 0 Å². The van der Waals surface area contributed by atoms with E-state index in [-0.39, 0.29) is 5.78 Å². The highest BCUT2D eigenvalue weighted by atomic mass is 32.2. The molecule has 0 unspecified atom stereocenters. The number of thioether (sulfide) groups is 1. The minimum absolute atomic E-state index is 0.0297. The van der Waals surface area contributed by atoms with E-state index >= 15 is 0 Å². The first kappa shape index (κ1) is 17.3. The molecular formula is C22H20O2S. The lowest BCUT2D eigenvalue weighted by atomic mass is 10.0. The van der Waals surface area contributed by atoms with Crippen LogP contribution in [0.1, 0.15) is 21.5 Å². The molecule has 2 nitrogen and oxygen atoms in total. The van der Waals surface area contributed by atoms with Gasteiger partial charge >= 0.3 is 0 Å². The first-order valence-corrected chi connectivity index (χ1v) is 9.23. The Morgan fingerprint density at radius 2 is 1.48 bits per heavy atom. The Labute approximate surface area is 152 Å². The first-order chi connectivity index (χ1) is 12.2. The molecule has 3 aromatic rings. The molecule has 3 aromatic carbocycles. The van der Waals surface area contributed by atoms with Crippen LogP contribution in [-0.2, 0) is 0 Å². The predicted octanol–water partition coefficient (Wildman–Crippen LogP) is 5.40. The Morgan fingerprint density at radius 1 is 0.840 bits per heavy atom. The summed E-state index contributed by atoms with van der Waals surface area (Å²) in [4.78, 5) is 13.6. The van der Waals surface area contributed by atoms with Crippen molar-refractivity contribution >= 4 is 17.5 Å². The van der Waals surface area contributed by atoms with Crippen molar-refractivity contribution in [3.8, 4) is 5.75 Å². The zero-order valence-corrected chi connectivity index (χ0v) is 15.0. The van der Waals surface area contributed by atoms with Crippen molar-refractivity contribution in [2.75, 3.05) is 12.4 Å². The number of rotatable bonds is 7. The van der Waals surface area contributed by atoms with Crippen molar-refractivity contribution < 1.29 is 9.53 Å². The Morgan fingerprint density at radius 3 is 2.16 bits per heavy atom. The Bertz CT molecular complexity index is 809. The minimum atomic E-state index is 0.0297. The van der Waals surface area contributed by atoms with Crippen molar-refractivity contribution in [2.45, 2.75) is 11.8 Å². The van der Waals surface area contributed by atoms with Gasteiger partial charge in [-0.25, -0.2) is 0 Å². The van der Waals surface area contributed by atoms with Crippen LogP contribution >= 0.6 is 11.8 Å². The number of benzene rings is 3. The third-order valence-electron chi connectivity index (χ3n) is 3.79. The van der Waals surface area contributed by atoms with Crippen LogP contribution in [0, 0.1) is 6.92 Å². The van der Waals surface area contributed by atoms with E-state index in [1.54, 1.807) is 11.8 Å². The van der Waals surface area contributed by atoms with E-state index in [1.807, 2.05) is 54.6 Å². The van der Waals surface area contributed by atoms with Gasteiger partial charge in [-0.2, -0.15) is 0 Å². The minimum Gasteiger partial charge on any atom is -0.493 e. The maximum Gasteiger partial charge on any atom is 0.193 e. The lowest BCUT2D eigenvalue weighted by Gasteiger charge is -2.07. The number of carbonyl (C=O) groups excluding carboxylic acids is 1. The average molecular weight is 348 g/mol. The fraction of sp³-hybridized carbons (Fsp3) is 0.136. The maximum absolute atomic E-state index is 12.4. The monoisotopic (exact) mass is 348 g/mol. The lowest BCUT2D eigenvalue weighted by Crippen LogP contribution is -2.02. The molecule has 0 bridgehead atoms. The summed E-state index contributed by atoms with van der Waals surface area (Å²) in [5.74, 6) is 1.70. The van der Waals surface area contributed by atoms with E-state index in [0.717, 1.165) is 11.5 Å². The summed E-state index contributed by atoms with van der Waals surface area (Å²) < 4.78 is 5.76. The van der Waals surface area contributed by atoms with Gasteiger partial charge < -0.3 is 4.74 Å². The van der Waals surface area contributed by atoms with Crippen molar-refractivity contribution in [3.63, 3.8) is 0 Å². The van der Waals surface area contributed by atoms with Crippen LogP contribution in [0.5, 0.6) is 5.75 Å². The van der Waals surface area contributed by atoms with Crippen molar-refractivity contribution in [1.82, 2.24) is 0 Å². The molecule has 25 heavy (non-hydrogen) atoms. The van der Waals surface area contributed by atoms with Gasteiger partial charge in [0.25, 0.3) is 0 Å². The summed E-state index contributed by atoms with van der Waals surface area (Å²) in [6.07, 6.45) is 0. The van der Waals surface area contributed by atoms with Gasteiger partial charge in [0.05, 0.1) is 6.61 Å². The Kier molecular flexibility index (Phi) is 5.91. The first-order valence-electron chi connectivity index (χ1n) is 8.24. The topological polar surface area (TPSA) is 26.3 Å². The van der Waals surface area contributed by atoms with Crippen LogP contribution in [0.15, 0.2) is 83.8 Å². The molecule has 0 heterocycles. The molecule has 0 aliphatic rings. The highest BCUT2D eigenvalue weighted by molar-refractivity contribution is 7.99. The average Bonchev–Trinajstić information content (AvgIpc) is 2.67. The molecular weight excluding hydrogens is 328 g/mol. The van der Waals surface area contributed by atoms with E-state index in [4.69, 9.17) is 4.74 Å². The summed E-state index contributed by atoms with van der Waals surface area (Å²) in [5.41, 5.74) is 2.64. The second-order valence-corrected chi connectivity index (χ2v) is 6.90. The van der Waals surface area contributed by atoms with E-state index in [1.165, 1.54) is 10.5 Å². The molecule has 0 aliphatic heterocycles. The van der Waals surface area contributed by atoms with Crippen LogP contribution in [0.2, 0.25) is 0 Å². The van der Waals surface area contributed by atoms with Gasteiger partial charge in [0, 0.05) is 21.8 Å². The third-order valence-corrected chi connectivity index (χ3v) is 4.77. The van der Waals surface area contributed by atoms with Crippen molar-refractivity contribution in [3.05, 3.63) is 95.6 Å². The van der Waals surface area contributed by atoms with Gasteiger partial charge in [-0.05, 0) is 43.3 Å². The van der Waals surface area contributed by atoms with Gasteiger partial charge in [0.1, 0.15) is 5.75 Å². The summed E-state index contributed by atoms with van der Waals surface area (Å²) >= 11 is 1.77. The second-order valence-electron chi connectivity index (χ2n) is 5.73. The molecule has 0 saturated carbocycles. The van der Waals surface area contributed by atoms with Crippen LogP contribution in [0.25, 0.3) is 0 Å². The number of aryl methyl sites for hydroxylation is 1. The van der Waals surface area contributed by atoms with Gasteiger partial charge in [-0.1, -0.05) is 48.0 Å². The maximum atomic E-state index is 12.4. The summed E-state index contributed by atoms with van der Waals surface area (Å²) in [6, 6.07) is 25.1. The number of hydrogen-bond donors (Lipinski definition) is 0. The molecule has 0 fully saturated rings. The molecule has 0 aliphatic carbocycles. The SMILES string of the molecule is Cc1ccc(SCCOc2ccc(C(=O)c3ccccc3)cc2)cc1. The van der Waals surface area contributed by atoms with Gasteiger partial charge in [0.15, 0.2) is 5.78 Å². The number of ketones is 1. The standard InChI is InChI=1S/C22H20O2S/c1-17-7-13-21(14-8-17)25-16-15-24-20-11-9-19(10-12-20)22(23)18-5-3-2-4-6-18/h2-14H,15-16H2,1H3. The number of ether oxygens (including phenoxy) is 1. The van der Waals surface area contributed by atoms with Crippen molar-refractivity contribution in [1.29, 1.82) is 0 Å². The molecule has 0 N–H and O–H groups in total. The van der Waals surface area contributed by atoms with E-state index in [9.17, 15) is 4.79 Å². The van der Waals surface area contributed by atoms with Gasteiger partial charge in [0.2, 0.25) is 0 Å². The molecule has 0 atom stereocenters. The summed E-state index contributed by atoms with van der Waals surface area (Å²) in [5, 5.41) is 0. The molecule has 0 amide bonds. The quantitative estimate of drug-likeness (QED) is 0.325. The van der Waals surface area contributed by atoms with Gasteiger partial charge in [-0.15, -0.1) is 11.8 Å². The summed E-state index contributed by atoms with van der Waals surface area (Å²) in [6.45, 7) is 2.72. The van der Waals surface area contributed by atoms with Crippen LogP contribution < -0.4 is 4.74 Å². The van der Waals surface area contributed by atoms with E-state index in [0.29, 0.717) is 17.7 Å². The third kappa shape index (κ3) is 4.97. The van der Waals surface area contributed by atoms with Crippen LogP contribution in [0.4, 0.5) is 0 Å². The molecule has 0 aromatic heterocycles. The molecule has 0 radical (unpaired) electrons. The fourth-order valence-corrected chi connectivity index (χ4v) is 3.14. The molecule has 3 rings (SSSR count). The zero-order chi connectivity index (χ0) is 17.5. The highest BCUT2D eigenvalue weighted by Gasteiger charge is 2.08. The number of hydrogen-bond acceptors (Lipinski definition) is 3. The number of carbonyl (C=O) groups is 1. The second kappa shape index (κ2) is 8.54. The zero-order valence-electron chi connectivity index (χ0n) is 14.1. The Hall–Kier alpha value is -2.52. The largest absolute Gasteiger partial charge is 0.493 e. The lowest BCUT2D eigenvalue weighted by molar-refractivity contribution is 0.103. The normalized spacial score (nSPS) is 10.4. The van der Waals surface area contributed by atoms with Gasteiger partial charge in [-0.3, -0.25) is 4.79 Å². The van der Waals surface area contributed by atoms with Crippen LogP contribution in [-0.4, -0.2) is 18.1 Å². The molecule has 0 saturated heterocycles. The fourth-order valence-electron chi connectivity index (χ4n) is 2.41. The molecule has 0 spiro atoms. The summed E-state index contributed by atoms with van der Waals surface area (Å²) in [7, 11) is 0. The molecule has 126 valence electrons. The van der Waals surface area contributed by atoms with E-state index in [2.05, 4.69) is 31.2 Å². The predicted molar refractivity (Wildman–Crippen MR) is 104 cm³/mol. The highest BCUT2D eigenvalue weighted by Crippen LogP contribution is 2.19.